The third-order valence-corrected chi connectivity index (χ3v) is 12.7. The standard InChI is InChI=1S/C40H48ClN5O3S2.C10H21NO/c1-29(12-13-30(2)41)31(3)33(27-40(4,5)6)28-44-21-23-45(24-22-44)34-16-14-32(15-17-34)39(47)43-51-36-18-19-37(38(26-36)46(48)49)42-20-25-50-35-10-8-7-9-11-35;1-4-11-7-5-10(6-8-11)12-9(2)3/h7-19,26,42H,1-2,20-25,27-28H2,3-6H3,(H,43,47);9-10H,4-8H2,1-3H3/b13-12-,33-31-;. The molecule has 0 atom stereocenters. The summed E-state index contributed by atoms with van der Waals surface area (Å²) in [6.45, 7) is 32.1. The molecule has 10 nitrogen and oxygen atoms in total. The Morgan fingerprint density at radius 1 is 0.952 bits per heavy atom. The maximum atomic E-state index is 13.0. The van der Waals surface area contributed by atoms with Gasteiger partial charge in [-0.1, -0.05) is 82.3 Å². The molecule has 0 aromatic heterocycles. The highest BCUT2D eigenvalue weighted by molar-refractivity contribution is 7.99. The Hall–Kier alpha value is -4.04. The maximum absolute atomic E-state index is 13.0. The second-order valence-electron chi connectivity index (χ2n) is 17.5. The summed E-state index contributed by atoms with van der Waals surface area (Å²) < 4.78 is 8.58. The zero-order valence-electron chi connectivity index (χ0n) is 38.5. The van der Waals surface area contributed by atoms with E-state index in [0.29, 0.717) is 39.9 Å². The molecule has 0 unspecified atom stereocenters. The number of ether oxygens (including phenoxy) is 1. The van der Waals surface area contributed by atoms with E-state index in [0.717, 1.165) is 73.0 Å². The number of likely N-dealkylation sites (tertiary alicyclic amines) is 1. The number of hydrogen-bond donors (Lipinski definition) is 2. The average Bonchev–Trinajstić information content (AvgIpc) is 3.26. The third-order valence-electron chi connectivity index (χ3n) is 10.8. The predicted octanol–water partition coefficient (Wildman–Crippen LogP) is 11.9. The number of amides is 1. The number of carbonyl (C=O) groups excluding carboxylic acids is 1. The van der Waals surface area contributed by atoms with Gasteiger partial charge in [0.25, 0.3) is 11.6 Å². The van der Waals surface area contributed by atoms with Crippen LogP contribution in [0.3, 0.4) is 0 Å². The molecule has 2 aliphatic rings. The van der Waals surface area contributed by atoms with Crippen LogP contribution in [0.1, 0.15) is 78.1 Å². The summed E-state index contributed by atoms with van der Waals surface area (Å²) in [7, 11) is 0. The lowest BCUT2D eigenvalue weighted by molar-refractivity contribution is -0.384. The number of carbonyl (C=O) groups is 1. The molecule has 0 spiro atoms. The zero-order valence-corrected chi connectivity index (χ0v) is 40.8. The number of piperazine rings is 1. The van der Waals surface area contributed by atoms with E-state index in [4.69, 9.17) is 16.3 Å². The van der Waals surface area contributed by atoms with E-state index in [1.54, 1.807) is 30.0 Å². The highest BCUT2D eigenvalue weighted by Crippen LogP contribution is 2.31. The number of nitrogens with zero attached hydrogens (tertiary/aromatic N) is 4. The fourth-order valence-corrected chi connectivity index (χ4v) is 8.89. The summed E-state index contributed by atoms with van der Waals surface area (Å²) in [6, 6.07) is 22.6. The van der Waals surface area contributed by atoms with E-state index in [2.05, 4.69) is 86.4 Å². The Morgan fingerprint density at radius 2 is 1.62 bits per heavy atom. The molecule has 2 saturated heterocycles. The molecule has 2 N–H and O–H groups in total. The van der Waals surface area contributed by atoms with Crippen LogP contribution in [0.2, 0.25) is 0 Å². The maximum Gasteiger partial charge on any atom is 0.293 e. The first-order valence-corrected chi connectivity index (χ1v) is 24.2. The molecular weight excluding hydrogens is 848 g/mol. The lowest BCUT2D eigenvalue weighted by atomic mass is 9.84. The van der Waals surface area contributed by atoms with Crippen molar-refractivity contribution in [1.82, 2.24) is 14.5 Å². The van der Waals surface area contributed by atoms with Crippen LogP contribution in [0, 0.1) is 15.5 Å². The van der Waals surface area contributed by atoms with Crippen LogP contribution in [0.4, 0.5) is 17.1 Å². The lowest BCUT2D eigenvalue weighted by Crippen LogP contribution is -2.47. The number of piperidine rings is 1. The van der Waals surface area contributed by atoms with Gasteiger partial charge >= 0.3 is 0 Å². The number of halogens is 1. The van der Waals surface area contributed by atoms with Gasteiger partial charge < -0.3 is 19.9 Å². The van der Waals surface area contributed by atoms with Crippen molar-refractivity contribution in [2.75, 3.05) is 74.9 Å². The molecule has 63 heavy (non-hydrogen) atoms. The van der Waals surface area contributed by atoms with Crippen molar-refractivity contribution in [3.63, 3.8) is 0 Å². The minimum atomic E-state index is -0.406. The second kappa shape index (κ2) is 26.1. The van der Waals surface area contributed by atoms with Crippen molar-refractivity contribution in [2.45, 2.75) is 89.7 Å². The number of nitro groups is 1. The summed E-state index contributed by atoms with van der Waals surface area (Å²) in [5.74, 6) is 0.501. The number of nitrogens with one attached hydrogen (secondary N) is 2. The number of benzene rings is 3. The molecule has 342 valence electrons. The molecule has 5 rings (SSSR count). The SMILES string of the molecule is C=C(Cl)/C=C\C(=C)/C(C)=C(\CN1CCN(c2ccc(C(=O)NSc3ccc(NCCSc4ccccc4)c([N+](=O)[O-])c3)cc2)CC1)CC(C)(C)C.CCN1CCC(OC(C)C)CC1. The Kier molecular flexibility index (Phi) is 21.3. The monoisotopic (exact) mass is 916 g/mol. The normalized spacial score (nSPS) is 15.7. The number of rotatable bonds is 19. The second-order valence-corrected chi connectivity index (χ2v) is 20.0. The molecule has 0 bridgehead atoms. The Bertz CT molecular complexity index is 2000. The van der Waals surface area contributed by atoms with Gasteiger partial charge in [-0.25, -0.2) is 0 Å². The summed E-state index contributed by atoms with van der Waals surface area (Å²) in [5, 5.41) is 15.5. The molecule has 2 fully saturated rings. The van der Waals surface area contributed by atoms with Crippen LogP contribution in [0.5, 0.6) is 0 Å². The molecule has 3 aromatic carbocycles. The Labute approximate surface area is 390 Å². The Morgan fingerprint density at radius 3 is 2.21 bits per heavy atom. The quantitative estimate of drug-likeness (QED) is 0.0302. The van der Waals surface area contributed by atoms with Gasteiger partial charge in [0.05, 0.1) is 17.1 Å². The molecule has 0 saturated carbocycles. The van der Waals surface area contributed by atoms with Gasteiger partial charge in [-0.15, -0.1) is 11.8 Å². The smallest absolute Gasteiger partial charge is 0.293 e. The molecule has 0 aliphatic carbocycles. The van der Waals surface area contributed by atoms with E-state index in [1.165, 1.54) is 49.7 Å². The minimum absolute atomic E-state index is 0.0310. The van der Waals surface area contributed by atoms with Gasteiger partial charge in [0.15, 0.2) is 0 Å². The van der Waals surface area contributed by atoms with Crippen molar-refractivity contribution in [1.29, 1.82) is 0 Å². The number of hydrogen-bond acceptors (Lipinski definition) is 10. The van der Waals surface area contributed by atoms with Crippen LogP contribution in [-0.2, 0) is 4.74 Å². The molecular formula is C50H69ClN6O4S2. The van der Waals surface area contributed by atoms with Gasteiger partial charge in [-0.05, 0) is 130 Å². The molecule has 2 aliphatic heterocycles. The topological polar surface area (TPSA) is 103 Å². The number of anilines is 2. The first-order chi connectivity index (χ1) is 30.0. The predicted molar refractivity (Wildman–Crippen MR) is 269 cm³/mol. The average molecular weight is 918 g/mol. The fourth-order valence-electron chi connectivity index (χ4n) is 7.41. The van der Waals surface area contributed by atoms with E-state index in [-0.39, 0.29) is 17.0 Å². The summed E-state index contributed by atoms with van der Waals surface area (Å²) in [4.78, 5) is 33.4. The molecule has 1 amide bonds. The van der Waals surface area contributed by atoms with E-state index in [1.807, 2.05) is 60.7 Å². The van der Waals surface area contributed by atoms with Crippen molar-refractivity contribution in [3.05, 3.63) is 136 Å². The van der Waals surface area contributed by atoms with Gasteiger partial charge in [-0.2, -0.15) is 0 Å². The lowest BCUT2D eigenvalue weighted by Gasteiger charge is -2.37. The first-order valence-electron chi connectivity index (χ1n) is 22.0. The largest absolute Gasteiger partial charge is 0.379 e. The molecule has 13 heteroatoms. The van der Waals surface area contributed by atoms with Crippen LogP contribution in [0.25, 0.3) is 0 Å². The fraction of sp³-hybridized carbons (Fsp3) is 0.460. The van der Waals surface area contributed by atoms with Gasteiger partial charge in [0, 0.05) is 90.3 Å². The number of allylic oxidation sites excluding steroid dienone is 5. The van der Waals surface area contributed by atoms with E-state index < -0.39 is 4.92 Å². The molecule has 3 aromatic rings. The van der Waals surface area contributed by atoms with Crippen molar-refractivity contribution in [3.8, 4) is 0 Å². The highest BCUT2D eigenvalue weighted by Gasteiger charge is 2.23. The minimum Gasteiger partial charge on any atom is -0.379 e. The molecule has 0 radical (unpaired) electrons. The highest BCUT2D eigenvalue weighted by atomic mass is 35.5. The summed E-state index contributed by atoms with van der Waals surface area (Å²) in [6.07, 6.45) is 8.04. The number of thioether (sulfide) groups is 1. The van der Waals surface area contributed by atoms with Crippen LogP contribution < -0.4 is 14.9 Å². The third kappa shape index (κ3) is 18.5. The summed E-state index contributed by atoms with van der Waals surface area (Å²) >= 11 is 8.69. The zero-order chi connectivity index (χ0) is 45.9. The van der Waals surface area contributed by atoms with E-state index >= 15 is 0 Å². The van der Waals surface area contributed by atoms with Crippen LogP contribution in [-0.4, -0.2) is 97.5 Å². The van der Waals surface area contributed by atoms with Crippen molar-refractivity contribution < 1.29 is 14.5 Å². The van der Waals surface area contributed by atoms with Crippen LogP contribution in [0.15, 0.2) is 130 Å². The van der Waals surface area contributed by atoms with Gasteiger partial charge in [0.1, 0.15) is 5.69 Å². The van der Waals surface area contributed by atoms with Gasteiger partial charge in [-0.3, -0.25) is 24.5 Å². The first kappa shape index (κ1) is 51.6. The van der Waals surface area contributed by atoms with Crippen molar-refractivity contribution >= 4 is 58.3 Å². The number of nitro benzene ring substituents is 1. The van der Waals surface area contributed by atoms with Gasteiger partial charge in [0.2, 0.25) is 0 Å². The van der Waals surface area contributed by atoms with Crippen LogP contribution >= 0.6 is 35.3 Å². The summed E-state index contributed by atoms with van der Waals surface area (Å²) in [5.41, 5.74) is 5.69. The molecule has 2 heterocycles. The van der Waals surface area contributed by atoms with E-state index in [9.17, 15) is 14.9 Å². The Balaban J connectivity index is 0.000000625. The van der Waals surface area contributed by atoms with Crippen molar-refractivity contribution in [2.24, 2.45) is 5.41 Å².